The van der Waals surface area contributed by atoms with Crippen molar-refractivity contribution in [2.45, 2.75) is 0 Å². The average Bonchev–Trinajstić information content (AvgIpc) is 2.84. The number of H-pyrrole nitrogens is 1. The number of nitrogens with one attached hydrogen (secondary N) is 2. The van der Waals surface area contributed by atoms with Crippen LogP contribution in [0.15, 0.2) is 95.9 Å². The Morgan fingerprint density at radius 2 is 1.70 bits per heavy atom. The molecule has 2 heterocycles. The molecule has 0 unspecified atom stereocenters. The van der Waals surface area contributed by atoms with Crippen LogP contribution in [-0.4, -0.2) is 9.97 Å². The zero-order valence-electron chi connectivity index (χ0n) is 17.3. The standard InChI is InChI=1S/C27H17ClN4O/c28-19-8-11-21-24(12-13-30-26(21)14-19)31-20-9-6-18(7-10-20)25-15-22(17-4-2-1-3-5-17)23(16-29)27(33)32-25/h1-15H,(H,30,31)(H,32,33). The van der Waals surface area contributed by atoms with Crippen LogP contribution in [0.3, 0.4) is 0 Å². The highest BCUT2D eigenvalue weighted by atomic mass is 35.5. The quantitative estimate of drug-likeness (QED) is 0.327. The lowest BCUT2D eigenvalue weighted by molar-refractivity contribution is 1.22. The van der Waals surface area contributed by atoms with Gasteiger partial charge in [0.25, 0.3) is 5.56 Å². The fraction of sp³-hybridized carbons (Fsp3) is 0. The van der Waals surface area contributed by atoms with E-state index >= 15 is 0 Å². The summed E-state index contributed by atoms with van der Waals surface area (Å²) in [7, 11) is 0. The van der Waals surface area contributed by atoms with Crippen molar-refractivity contribution in [3.63, 3.8) is 0 Å². The summed E-state index contributed by atoms with van der Waals surface area (Å²) in [6.07, 6.45) is 1.74. The Kier molecular flexibility index (Phi) is 5.35. The van der Waals surface area contributed by atoms with E-state index in [2.05, 4.69) is 15.3 Å². The second-order valence-electron chi connectivity index (χ2n) is 7.50. The van der Waals surface area contributed by atoms with Gasteiger partial charge >= 0.3 is 0 Å². The Labute approximate surface area is 194 Å². The molecule has 0 fully saturated rings. The Bertz CT molecular complexity index is 1570. The van der Waals surface area contributed by atoms with E-state index in [0.29, 0.717) is 16.3 Å². The van der Waals surface area contributed by atoms with Gasteiger partial charge in [-0.3, -0.25) is 9.78 Å². The Hall–Kier alpha value is -4.40. The molecular formula is C27H17ClN4O. The minimum absolute atomic E-state index is 0.105. The third-order valence-corrected chi connectivity index (χ3v) is 5.64. The molecule has 33 heavy (non-hydrogen) atoms. The summed E-state index contributed by atoms with van der Waals surface area (Å²) < 4.78 is 0. The maximum atomic E-state index is 12.6. The molecule has 0 spiro atoms. The number of pyridine rings is 2. The predicted molar refractivity (Wildman–Crippen MR) is 133 cm³/mol. The fourth-order valence-electron chi connectivity index (χ4n) is 3.79. The molecule has 2 N–H and O–H groups in total. The number of aromatic amines is 1. The van der Waals surface area contributed by atoms with Gasteiger partial charge in [-0.25, -0.2) is 0 Å². The van der Waals surface area contributed by atoms with E-state index in [1.807, 2.05) is 91.0 Å². The van der Waals surface area contributed by atoms with Gasteiger partial charge in [-0.2, -0.15) is 5.26 Å². The summed E-state index contributed by atoms with van der Waals surface area (Å²) in [5, 5.41) is 14.5. The third-order valence-electron chi connectivity index (χ3n) is 5.41. The van der Waals surface area contributed by atoms with Gasteiger partial charge in [-0.1, -0.05) is 54.1 Å². The Balaban J connectivity index is 1.49. The number of hydrogen-bond donors (Lipinski definition) is 2. The first-order valence-corrected chi connectivity index (χ1v) is 10.6. The van der Waals surface area contributed by atoms with Gasteiger partial charge in [-0.15, -0.1) is 0 Å². The molecule has 0 aliphatic carbocycles. The minimum Gasteiger partial charge on any atom is -0.355 e. The van der Waals surface area contributed by atoms with E-state index in [1.165, 1.54) is 0 Å². The first-order valence-electron chi connectivity index (χ1n) is 10.3. The highest BCUT2D eigenvalue weighted by Gasteiger charge is 2.12. The molecule has 2 aromatic heterocycles. The van der Waals surface area contributed by atoms with E-state index in [9.17, 15) is 10.1 Å². The van der Waals surface area contributed by atoms with Gasteiger partial charge < -0.3 is 10.3 Å². The van der Waals surface area contributed by atoms with E-state index in [1.54, 1.807) is 6.20 Å². The van der Waals surface area contributed by atoms with Crippen LogP contribution in [0, 0.1) is 11.3 Å². The molecule has 0 atom stereocenters. The highest BCUT2D eigenvalue weighted by Crippen LogP contribution is 2.29. The van der Waals surface area contributed by atoms with Crippen LogP contribution in [0.25, 0.3) is 33.3 Å². The normalized spacial score (nSPS) is 10.7. The number of nitrogens with zero attached hydrogens (tertiary/aromatic N) is 2. The molecule has 5 nitrogen and oxygen atoms in total. The molecule has 3 aromatic carbocycles. The van der Waals surface area contributed by atoms with Crippen molar-refractivity contribution in [2.24, 2.45) is 0 Å². The lowest BCUT2D eigenvalue weighted by Gasteiger charge is -2.11. The number of nitriles is 1. The van der Waals surface area contributed by atoms with E-state index in [0.717, 1.165) is 33.4 Å². The molecule has 5 aromatic rings. The number of aromatic nitrogens is 2. The summed E-state index contributed by atoms with van der Waals surface area (Å²) in [6, 6.07) is 28.6. The van der Waals surface area contributed by atoms with E-state index in [4.69, 9.17) is 11.6 Å². The molecule has 0 amide bonds. The molecule has 6 heteroatoms. The summed E-state index contributed by atoms with van der Waals surface area (Å²) >= 11 is 6.08. The fourth-order valence-corrected chi connectivity index (χ4v) is 3.96. The van der Waals surface area contributed by atoms with E-state index in [-0.39, 0.29) is 5.56 Å². The molecule has 0 aliphatic heterocycles. The van der Waals surface area contributed by atoms with Crippen LogP contribution in [0.2, 0.25) is 5.02 Å². The number of anilines is 2. The van der Waals surface area contributed by atoms with Crippen LogP contribution in [0.5, 0.6) is 0 Å². The molecule has 0 bridgehead atoms. The summed E-state index contributed by atoms with van der Waals surface area (Å²) in [6.45, 7) is 0. The van der Waals surface area contributed by atoms with Gasteiger partial charge in [0.2, 0.25) is 0 Å². The lowest BCUT2D eigenvalue weighted by atomic mass is 9.99. The number of fused-ring (bicyclic) bond motifs is 1. The molecule has 0 saturated carbocycles. The second kappa shape index (κ2) is 8.62. The van der Waals surface area contributed by atoms with Gasteiger partial charge in [0.05, 0.1) is 5.52 Å². The Morgan fingerprint density at radius 3 is 2.45 bits per heavy atom. The largest absolute Gasteiger partial charge is 0.355 e. The van der Waals surface area contributed by atoms with Gasteiger partial charge in [0, 0.05) is 39.2 Å². The zero-order valence-corrected chi connectivity index (χ0v) is 18.1. The maximum Gasteiger partial charge on any atom is 0.266 e. The highest BCUT2D eigenvalue weighted by molar-refractivity contribution is 6.31. The number of halogens is 1. The molecule has 158 valence electrons. The summed E-state index contributed by atoms with van der Waals surface area (Å²) in [5.41, 5.74) is 5.24. The van der Waals surface area contributed by atoms with Crippen molar-refractivity contribution in [3.05, 3.63) is 112 Å². The lowest BCUT2D eigenvalue weighted by Crippen LogP contribution is -2.12. The molecule has 0 aliphatic rings. The number of hydrogen-bond acceptors (Lipinski definition) is 4. The van der Waals surface area contributed by atoms with Crippen molar-refractivity contribution < 1.29 is 0 Å². The first kappa shape index (κ1) is 20.5. The first-order chi connectivity index (χ1) is 16.1. The van der Waals surface area contributed by atoms with Crippen LogP contribution in [0.1, 0.15) is 5.56 Å². The smallest absolute Gasteiger partial charge is 0.266 e. The number of rotatable bonds is 4. The van der Waals surface area contributed by atoms with Crippen molar-refractivity contribution in [3.8, 4) is 28.5 Å². The SMILES string of the molecule is N#Cc1c(-c2ccccc2)cc(-c2ccc(Nc3ccnc4cc(Cl)ccc34)cc2)[nH]c1=O. The van der Waals surface area contributed by atoms with Crippen molar-refractivity contribution in [1.82, 2.24) is 9.97 Å². The molecule has 5 rings (SSSR count). The number of benzene rings is 3. The van der Waals surface area contributed by atoms with Gasteiger partial charge in [-0.05, 0) is 53.6 Å². The monoisotopic (exact) mass is 448 g/mol. The van der Waals surface area contributed by atoms with Crippen LogP contribution >= 0.6 is 11.6 Å². The topological polar surface area (TPSA) is 81.6 Å². The zero-order chi connectivity index (χ0) is 22.8. The van der Waals surface area contributed by atoms with Crippen molar-refractivity contribution in [1.29, 1.82) is 5.26 Å². The van der Waals surface area contributed by atoms with E-state index < -0.39 is 5.56 Å². The average molecular weight is 449 g/mol. The molecular weight excluding hydrogens is 432 g/mol. The predicted octanol–water partition coefficient (Wildman–Crippen LogP) is 6.53. The van der Waals surface area contributed by atoms with Crippen molar-refractivity contribution >= 4 is 33.9 Å². The van der Waals surface area contributed by atoms with Crippen LogP contribution in [-0.2, 0) is 0 Å². The summed E-state index contributed by atoms with van der Waals surface area (Å²) in [5.74, 6) is 0. The van der Waals surface area contributed by atoms with Crippen molar-refractivity contribution in [2.75, 3.05) is 5.32 Å². The van der Waals surface area contributed by atoms with Crippen LogP contribution < -0.4 is 10.9 Å². The Morgan fingerprint density at radius 1 is 0.909 bits per heavy atom. The van der Waals surface area contributed by atoms with Gasteiger partial charge in [0.1, 0.15) is 11.6 Å². The maximum absolute atomic E-state index is 12.6. The summed E-state index contributed by atoms with van der Waals surface area (Å²) in [4.78, 5) is 19.8. The molecule has 0 radical (unpaired) electrons. The minimum atomic E-state index is -0.405. The third kappa shape index (κ3) is 4.08. The van der Waals surface area contributed by atoms with Crippen LogP contribution in [0.4, 0.5) is 11.4 Å². The second-order valence-corrected chi connectivity index (χ2v) is 7.94. The van der Waals surface area contributed by atoms with Gasteiger partial charge in [0.15, 0.2) is 0 Å². The molecule has 0 saturated heterocycles.